The van der Waals surface area contributed by atoms with E-state index in [0.717, 1.165) is 69.4 Å². The molecular formula is C39H43N3O3. The summed E-state index contributed by atoms with van der Waals surface area (Å²) in [6.07, 6.45) is 9.20. The predicted molar refractivity (Wildman–Crippen MR) is 177 cm³/mol. The number of rotatable bonds is 8. The molecule has 0 spiro atoms. The van der Waals surface area contributed by atoms with E-state index >= 15 is 0 Å². The fraction of sp³-hybridized carbons (Fsp3) is 0.410. The number of fused-ring (bicyclic) bond motifs is 1. The van der Waals surface area contributed by atoms with E-state index in [1.807, 2.05) is 24.6 Å². The Kier molecular flexibility index (Phi) is 8.07. The van der Waals surface area contributed by atoms with Crippen LogP contribution >= 0.6 is 0 Å². The molecule has 3 aromatic carbocycles. The van der Waals surface area contributed by atoms with E-state index in [0.29, 0.717) is 35.8 Å². The second-order valence-electron chi connectivity index (χ2n) is 13.2. The number of nitrogens with zero attached hydrogens (tertiary/aromatic N) is 3. The summed E-state index contributed by atoms with van der Waals surface area (Å²) in [5, 5.41) is 4.54. The molecule has 0 radical (unpaired) electrons. The highest BCUT2D eigenvalue weighted by molar-refractivity contribution is 5.90. The van der Waals surface area contributed by atoms with Crippen LogP contribution in [-0.2, 0) is 22.4 Å². The summed E-state index contributed by atoms with van der Waals surface area (Å²) in [5.41, 5.74) is 11.8. The van der Waals surface area contributed by atoms with Gasteiger partial charge in [-0.2, -0.15) is 5.10 Å². The van der Waals surface area contributed by atoms with Gasteiger partial charge in [0.1, 0.15) is 5.56 Å². The molecular weight excluding hydrogens is 558 g/mol. The number of aryl methyl sites for hydroxylation is 2. The maximum Gasteiger partial charge on any atom is 0.341 e. The summed E-state index contributed by atoms with van der Waals surface area (Å²) in [6.45, 7) is 8.13. The van der Waals surface area contributed by atoms with Crippen LogP contribution in [-0.4, -0.2) is 46.3 Å². The SMILES string of the molecule is CCOC(=O)c1cnn(-c2cccc(-c3cccc4c3C(Cc3ccc(C5CCN(C(=O)C6CC6)CC5)cc3C)CC4)c2)c1C. The van der Waals surface area contributed by atoms with Gasteiger partial charge in [0.15, 0.2) is 0 Å². The van der Waals surface area contributed by atoms with Gasteiger partial charge in [-0.05, 0) is 129 Å². The Morgan fingerprint density at radius 3 is 2.49 bits per heavy atom. The number of hydrogen-bond donors (Lipinski definition) is 0. The van der Waals surface area contributed by atoms with Crippen LogP contribution in [0.3, 0.4) is 0 Å². The van der Waals surface area contributed by atoms with Gasteiger partial charge in [-0.1, -0.05) is 48.5 Å². The number of likely N-dealkylation sites (tertiary alicyclic amines) is 1. The molecule has 6 nitrogen and oxygen atoms in total. The quantitative estimate of drug-likeness (QED) is 0.194. The van der Waals surface area contributed by atoms with Crippen LogP contribution in [0.25, 0.3) is 16.8 Å². The van der Waals surface area contributed by atoms with Gasteiger partial charge in [0.05, 0.1) is 24.2 Å². The number of benzene rings is 3. The van der Waals surface area contributed by atoms with E-state index < -0.39 is 0 Å². The first kappa shape index (κ1) is 29.5. The number of carbonyl (C=O) groups excluding carboxylic acids is 2. The molecule has 1 saturated carbocycles. The van der Waals surface area contributed by atoms with Crippen molar-refractivity contribution >= 4 is 11.9 Å². The molecule has 6 heteroatoms. The van der Waals surface area contributed by atoms with E-state index in [1.54, 1.807) is 6.20 Å². The van der Waals surface area contributed by atoms with Crippen molar-refractivity contribution in [1.29, 1.82) is 0 Å². The lowest BCUT2D eigenvalue weighted by Crippen LogP contribution is -2.38. The molecule has 1 saturated heterocycles. The Morgan fingerprint density at radius 1 is 0.933 bits per heavy atom. The number of amides is 1. The van der Waals surface area contributed by atoms with Crippen molar-refractivity contribution in [2.75, 3.05) is 19.7 Å². The lowest BCUT2D eigenvalue weighted by molar-refractivity contribution is -0.133. The largest absolute Gasteiger partial charge is 0.462 e. The third kappa shape index (κ3) is 5.83. The molecule has 1 atom stereocenters. The molecule has 232 valence electrons. The highest BCUT2D eigenvalue weighted by Crippen LogP contribution is 2.43. The first-order chi connectivity index (χ1) is 21.9. The Bertz CT molecular complexity index is 1740. The molecule has 4 aromatic rings. The van der Waals surface area contributed by atoms with Crippen LogP contribution in [0, 0.1) is 19.8 Å². The molecule has 3 aliphatic rings. The molecule has 1 unspecified atom stereocenters. The number of ether oxygens (including phenoxy) is 1. The average molecular weight is 602 g/mol. The molecule has 45 heavy (non-hydrogen) atoms. The van der Waals surface area contributed by atoms with Crippen LogP contribution in [0.1, 0.15) is 94.7 Å². The zero-order valence-electron chi connectivity index (χ0n) is 26.7. The predicted octanol–water partition coefficient (Wildman–Crippen LogP) is 7.72. The van der Waals surface area contributed by atoms with Crippen LogP contribution in [0.2, 0.25) is 0 Å². The van der Waals surface area contributed by atoms with Gasteiger partial charge in [-0.25, -0.2) is 9.48 Å². The van der Waals surface area contributed by atoms with Crippen molar-refractivity contribution in [3.63, 3.8) is 0 Å². The summed E-state index contributed by atoms with van der Waals surface area (Å²) >= 11 is 0. The number of esters is 1. The lowest BCUT2D eigenvalue weighted by atomic mass is 9.84. The van der Waals surface area contributed by atoms with E-state index in [-0.39, 0.29) is 5.97 Å². The highest BCUT2D eigenvalue weighted by Gasteiger charge is 2.35. The van der Waals surface area contributed by atoms with E-state index in [4.69, 9.17) is 4.74 Å². The third-order valence-electron chi connectivity index (χ3n) is 10.3. The summed E-state index contributed by atoms with van der Waals surface area (Å²) in [4.78, 5) is 27.0. The van der Waals surface area contributed by atoms with Crippen molar-refractivity contribution in [1.82, 2.24) is 14.7 Å². The van der Waals surface area contributed by atoms with Gasteiger partial charge in [0, 0.05) is 19.0 Å². The van der Waals surface area contributed by atoms with Gasteiger partial charge in [-0.15, -0.1) is 0 Å². The van der Waals surface area contributed by atoms with Crippen LogP contribution in [0.5, 0.6) is 0 Å². The molecule has 2 fully saturated rings. The molecule has 2 heterocycles. The standard InChI is InChI=1S/C39H43N3O3/c1-4-45-39(44)36-24-40-42(26(36)3)34-9-5-8-32(23-34)35-10-6-7-28-11-16-33(37(28)35)22-30-14-15-31(21-25(30)2)27-17-19-41(20-18-27)38(43)29-12-13-29/h5-10,14-15,21,23-24,27,29,33H,4,11-13,16-20,22H2,1-3H3. The number of hydrogen-bond acceptors (Lipinski definition) is 4. The second-order valence-corrected chi connectivity index (χ2v) is 13.2. The van der Waals surface area contributed by atoms with E-state index in [1.165, 1.54) is 38.9 Å². The fourth-order valence-electron chi connectivity index (χ4n) is 7.62. The average Bonchev–Trinajstić information content (AvgIpc) is 3.72. The van der Waals surface area contributed by atoms with Gasteiger partial charge < -0.3 is 9.64 Å². The Hall–Kier alpha value is -4.19. The summed E-state index contributed by atoms with van der Waals surface area (Å²) in [7, 11) is 0. The monoisotopic (exact) mass is 601 g/mol. The van der Waals surface area contributed by atoms with Gasteiger partial charge in [0.25, 0.3) is 0 Å². The molecule has 1 aliphatic heterocycles. The first-order valence-electron chi connectivity index (χ1n) is 16.7. The maximum absolute atomic E-state index is 12.5. The Labute approximate surface area is 266 Å². The van der Waals surface area contributed by atoms with Gasteiger partial charge in [-0.3, -0.25) is 4.79 Å². The van der Waals surface area contributed by atoms with Crippen LogP contribution < -0.4 is 0 Å². The summed E-state index contributed by atoms with van der Waals surface area (Å²) in [6, 6.07) is 22.4. The number of piperidine rings is 1. The number of carbonyl (C=O) groups is 2. The minimum atomic E-state index is -0.338. The van der Waals surface area contributed by atoms with Gasteiger partial charge in [0.2, 0.25) is 5.91 Å². The fourth-order valence-corrected chi connectivity index (χ4v) is 7.62. The molecule has 1 aromatic heterocycles. The minimum Gasteiger partial charge on any atom is -0.462 e. The first-order valence-corrected chi connectivity index (χ1v) is 16.7. The molecule has 0 N–H and O–H groups in total. The minimum absolute atomic E-state index is 0.319. The normalized spacial score (nSPS) is 18.2. The number of aromatic nitrogens is 2. The van der Waals surface area contributed by atoms with E-state index in [2.05, 4.69) is 71.5 Å². The Balaban J connectivity index is 1.10. The van der Waals surface area contributed by atoms with E-state index in [9.17, 15) is 9.59 Å². The summed E-state index contributed by atoms with van der Waals surface area (Å²) < 4.78 is 7.05. The third-order valence-corrected chi connectivity index (χ3v) is 10.3. The van der Waals surface area contributed by atoms with Crippen molar-refractivity contribution in [2.45, 2.75) is 77.6 Å². The van der Waals surface area contributed by atoms with Crippen molar-refractivity contribution in [3.8, 4) is 16.8 Å². The van der Waals surface area contributed by atoms with Crippen molar-refractivity contribution in [3.05, 3.63) is 106 Å². The van der Waals surface area contributed by atoms with Crippen molar-refractivity contribution < 1.29 is 14.3 Å². The molecule has 1 amide bonds. The molecule has 7 rings (SSSR count). The smallest absolute Gasteiger partial charge is 0.341 e. The summed E-state index contributed by atoms with van der Waals surface area (Å²) in [5.74, 6) is 1.37. The zero-order valence-corrected chi connectivity index (χ0v) is 26.7. The van der Waals surface area contributed by atoms with Crippen molar-refractivity contribution in [2.24, 2.45) is 5.92 Å². The maximum atomic E-state index is 12.5. The second kappa shape index (κ2) is 12.3. The van der Waals surface area contributed by atoms with Crippen LogP contribution in [0.4, 0.5) is 0 Å². The molecule has 2 aliphatic carbocycles. The lowest BCUT2D eigenvalue weighted by Gasteiger charge is -2.32. The van der Waals surface area contributed by atoms with Crippen LogP contribution in [0.15, 0.2) is 66.9 Å². The molecule has 0 bridgehead atoms. The zero-order chi connectivity index (χ0) is 31.1. The highest BCUT2D eigenvalue weighted by atomic mass is 16.5. The topological polar surface area (TPSA) is 64.4 Å². The Morgan fingerprint density at radius 2 is 1.73 bits per heavy atom. The van der Waals surface area contributed by atoms with Gasteiger partial charge >= 0.3 is 5.97 Å².